The normalized spacial score (nSPS) is 27.8. The van der Waals surface area contributed by atoms with Crippen LogP contribution in [-0.4, -0.2) is 36.4 Å². The molecule has 0 amide bonds. The van der Waals surface area contributed by atoms with E-state index in [-0.39, 0.29) is 0 Å². The lowest BCUT2D eigenvalue weighted by atomic mass is 9.97. The van der Waals surface area contributed by atoms with Gasteiger partial charge in [0.05, 0.1) is 12.3 Å². The Balaban J connectivity index is 1.91. The van der Waals surface area contributed by atoms with Gasteiger partial charge in [0.25, 0.3) is 0 Å². The topological polar surface area (TPSA) is 45.6 Å². The molecule has 4 nitrogen and oxygen atoms in total. The second kappa shape index (κ2) is 5.38. The summed E-state index contributed by atoms with van der Waals surface area (Å²) in [7, 11) is 0. The molecule has 2 aliphatic rings. The molecule has 3 heterocycles. The smallest absolute Gasteiger partial charge is 0.132 e. The van der Waals surface area contributed by atoms with Crippen LogP contribution < -0.4 is 4.90 Å². The predicted molar refractivity (Wildman–Crippen MR) is 77.3 cm³/mol. The highest BCUT2D eigenvalue weighted by molar-refractivity contribution is 9.10. The second-order valence-corrected chi connectivity index (χ2v) is 6.23. The zero-order chi connectivity index (χ0) is 13.3. The summed E-state index contributed by atoms with van der Waals surface area (Å²) in [5.41, 5.74) is 0.950. The van der Waals surface area contributed by atoms with Crippen molar-refractivity contribution >= 4 is 21.6 Å². The van der Waals surface area contributed by atoms with Crippen LogP contribution in [0.15, 0.2) is 16.7 Å². The molecule has 3 rings (SSSR count). The van der Waals surface area contributed by atoms with Crippen molar-refractivity contribution in [3.8, 4) is 0 Å². The number of halogens is 1. The van der Waals surface area contributed by atoms with Gasteiger partial charge in [-0.2, -0.15) is 0 Å². The van der Waals surface area contributed by atoms with Crippen molar-refractivity contribution < 1.29 is 9.84 Å². The van der Waals surface area contributed by atoms with Crippen LogP contribution in [0.4, 0.5) is 5.69 Å². The van der Waals surface area contributed by atoms with Crippen molar-refractivity contribution in [2.75, 3.05) is 31.2 Å². The Bertz CT molecular complexity index is 455. The van der Waals surface area contributed by atoms with E-state index in [1.165, 1.54) is 19.3 Å². The molecule has 0 aromatic carbocycles. The molecule has 5 heteroatoms. The Morgan fingerprint density at radius 1 is 1.26 bits per heavy atom. The molecular formula is C14H19BrN2O2. The van der Waals surface area contributed by atoms with Crippen LogP contribution in [0.1, 0.15) is 31.4 Å². The van der Waals surface area contributed by atoms with Gasteiger partial charge in [-0.15, -0.1) is 0 Å². The number of pyridine rings is 1. The number of ether oxygens (including phenoxy) is 1. The highest BCUT2D eigenvalue weighted by Gasteiger charge is 2.36. The van der Waals surface area contributed by atoms with E-state index in [0.717, 1.165) is 29.1 Å². The number of rotatable bonds is 2. The number of aromatic nitrogens is 1. The SMILES string of the molecule is OC1(c2cc(N3CCCCC3)cc(Br)n2)CCOC1. The first-order valence-electron chi connectivity index (χ1n) is 6.91. The highest BCUT2D eigenvalue weighted by atomic mass is 79.9. The average Bonchev–Trinajstić information content (AvgIpc) is 2.87. The summed E-state index contributed by atoms with van der Waals surface area (Å²) in [6, 6.07) is 4.05. The first kappa shape index (κ1) is 13.3. The second-order valence-electron chi connectivity index (χ2n) is 5.42. The van der Waals surface area contributed by atoms with E-state index in [1.54, 1.807) is 0 Å². The van der Waals surface area contributed by atoms with Gasteiger partial charge in [0.15, 0.2) is 0 Å². The molecule has 1 atom stereocenters. The van der Waals surface area contributed by atoms with E-state index in [2.05, 4.69) is 25.8 Å². The maximum absolute atomic E-state index is 10.6. The Hall–Kier alpha value is -0.650. The molecule has 104 valence electrons. The van der Waals surface area contributed by atoms with Crippen LogP contribution in [-0.2, 0) is 10.3 Å². The maximum Gasteiger partial charge on any atom is 0.132 e. The first-order valence-corrected chi connectivity index (χ1v) is 7.70. The molecule has 0 radical (unpaired) electrons. The van der Waals surface area contributed by atoms with E-state index in [9.17, 15) is 5.11 Å². The molecule has 1 unspecified atom stereocenters. The maximum atomic E-state index is 10.6. The fourth-order valence-corrected chi connectivity index (χ4v) is 3.24. The summed E-state index contributed by atoms with van der Waals surface area (Å²) in [4.78, 5) is 6.82. The van der Waals surface area contributed by atoms with Crippen LogP contribution in [0.5, 0.6) is 0 Å². The van der Waals surface area contributed by atoms with Gasteiger partial charge in [0, 0.05) is 31.8 Å². The van der Waals surface area contributed by atoms with Crippen LogP contribution >= 0.6 is 15.9 Å². The lowest BCUT2D eigenvalue weighted by Gasteiger charge is -2.30. The van der Waals surface area contributed by atoms with Crippen LogP contribution in [0.3, 0.4) is 0 Å². The minimum Gasteiger partial charge on any atom is -0.381 e. The molecule has 2 aliphatic heterocycles. The zero-order valence-electron chi connectivity index (χ0n) is 10.9. The Kier molecular flexibility index (Phi) is 3.78. The zero-order valence-corrected chi connectivity index (χ0v) is 12.5. The van der Waals surface area contributed by atoms with Crippen LogP contribution in [0.25, 0.3) is 0 Å². The van der Waals surface area contributed by atoms with Gasteiger partial charge in [-0.05, 0) is 47.3 Å². The summed E-state index contributed by atoms with van der Waals surface area (Å²) in [5, 5.41) is 10.6. The summed E-state index contributed by atoms with van der Waals surface area (Å²) < 4.78 is 6.10. The van der Waals surface area contributed by atoms with E-state index in [4.69, 9.17) is 4.74 Å². The van der Waals surface area contributed by atoms with Crippen molar-refractivity contribution in [3.05, 3.63) is 22.4 Å². The van der Waals surface area contributed by atoms with Gasteiger partial charge in [0.2, 0.25) is 0 Å². The number of hydrogen-bond donors (Lipinski definition) is 1. The third-order valence-corrected chi connectivity index (χ3v) is 4.38. The minimum atomic E-state index is -0.922. The fraction of sp³-hybridized carbons (Fsp3) is 0.643. The lowest BCUT2D eigenvalue weighted by Crippen LogP contribution is -2.31. The van der Waals surface area contributed by atoms with Crippen molar-refractivity contribution in [3.63, 3.8) is 0 Å². The van der Waals surface area contributed by atoms with E-state index < -0.39 is 5.60 Å². The summed E-state index contributed by atoms with van der Waals surface area (Å²) in [6.07, 6.45) is 4.41. The summed E-state index contributed by atoms with van der Waals surface area (Å²) in [6.45, 7) is 3.12. The van der Waals surface area contributed by atoms with Gasteiger partial charge in [-0.1, -0.05) is 0 Å². The van der Waals surface area contributed by atoms with E-state index >= 15 is 0 Å². The number of piperidine rings is 1. The molecular weight excluding hydrogens is 308 g/mol. The standard InChI is InChI=1S/C14H19BrN2O2/c15-13-9-11(17-5-2-1-3-6-17)8-12(16-13)14(18)4-7-19-10-14/h8-9,18H,1-7,10H2. The number of hydrogen-bond acceptors (Lipinski definition) is 4. The molecule has 0 saturated carbocycles. The first-order chi connectivity index (χ1) is 9.17. The molecule has 0 spiro atoms. The Morgan fingerprint density at radius 3 is 2.74 bits per heavy atom. The molecule has 2 fully saturated rings. The fourth-order valence-electron chi connectivity index (χ4n) is 2.81. The molecule has 0 bridgehead atoms. The van der Waals surface area contributed by atoms with Gasteiger partial charge in [0.1, 0.15) is 10.2 Å². The summed E-state index contributed by atoms with van der Waals surface area (Å²) >= 11 is 3.46. The van der Waals surface area contributed by atoms with Gasteiger partial charge in [-0.25, -0.2) is 4.98 Å². The Labute approximate surface area is 121 Å². The third-order valence-electron chi connectivity index (χ3n) is 3.98. The number of nitrogens with zero attached hydrogens (tertiary/aromatic N) is 2. The van der Waals surface area contributed by atoms with Crippen molar-refractivity contribution in [2.45, 2.75) is 31.3 Å². The number of anilines is 1. The third kappa shape index (κ3) is 2.78. The molecule has 1 aromatic heterocycles. The lowest BCUT2D eigenvalue weighted by molar-refractivity contribution is 0.0193. The molecule has 0 aliphatic carbocycles. The van der Waals surface area contributed by atoms with Crippen LogP contribution in [0, 0.1) is 0 Å². The Morgan fingerprint density at radius 2 is 2.05 bits per heavy atom. The van der Waals surface area contributed by atoms with Gasteiger partial charge >= 0.3 is 0 Å². The summed E-state index contributed by atoms with van der Waals surface area (Å²) in [5.74, 6) is 0. The molecule has 2 saturated heterocycles. The average molecular weight is 327 g/mol. The predicted octanol–water partition coefficient (Wildman–Crippen LogP) is 2.44. The monoisotopic (exact) mass is 326 g/mol. The van der Waals surface area contributed by atoms with E-state index in [0.29, 0.717) is 19.6 Å². The highest BCUT2D eigenvalue weighted by Crippen LogP contribution is 2.33. The number of aliphatic hydroxyl groups is 1. The molecule has 1 N–H and O–H groups in total. The molecule has 1 aromatic rings. The van der Waals surface area contributed by atoms with Gasteiger partial charge < -0.3 is 14.7 Å². The molecule has 19 heavy (non-hydrogen) atoms. The van der Waals surface area contributed by atoms with Crippen LogP contribution in [0.2, 0.25) is 0 Å². The van der Waals surface area contributed by atoms with Gasteiger partial charge in [-0.3, -0.25) is 0 Å². The van der Waals surface area contributed by atoms with Crippen molar-refractivity contribution in [1.82, 2.24) is 4.98 Å². The van der Waals surface area contributed by atoms with E-state index in [1.807, 2.05) is 12.1 Å². The van der Waals surface area contributed by atoms with Crippen molar-refractivity contribution in [1.29, 1.82) is 0 Å². The largest absolute Gasteiger partial charge is 0.381 e. The quantitative estimate of drug-likeness (QED) is 0.848. The van der Waals surface area contributed by atoms with Crippen molar-refractivity contribution in [2.24, 2.45) is 0 Å². The minimum absolute atomic E-state index is 0.343.